The van der Waals surface area contributed by atoms with Crippen molar-refractivity contribution < 1.29 is 0 Å². The highest BCUT2D eigenvalue weighted by Gasteiger charge is 2.26. The molecule has 0 atom stereocenters. The lowest BCUT2D eigenvalue weighted by Gasteiger charge is -2.28. The largest absolute Gasteiger partial charge is 0.396 e. The van der Waals surface area contributed by atoms with Crippen molar-refractivity contribution in [3.8, 4) is 0 Å². The van der Waals surface area contributed by atoms with Crippen molar-refractivity contribution in [3.05, 3.63) is 59.7 Å². The Bertz CT molecular complexity index is 733. The van der Waals surface area contributed by atoms with Crippen molar-refractivity contribution in [1.82, 2.24) is 5.01 Å². The van der Waals surface area contributed by atoms with Crippen LogP contribution in [0.4, 0.5) is 11.4 Å². The maximum Gasteiger partial charge on any atom is 0.0849 e. The highest BCUT2D eigenvalue weighted by atomic mass is 15.4. The lowest BCUT2D eigenvalue weighted by Crippen LogP contribution is -2.37. The van der Waals surface area contributed by atoms with E-state index in [2.05, 4.69) is 44.0 Å². The van der Waals surface area contributed by atoms with Crippen LogP contribution in [0.5, 0.6) is 0 Å². The molecule has 0 unspecified atom stereocenters. The van der Waals surface area contributed by atoms with Gasteiger partial charge in [-0.3, -0.25) is 0 Å². The molecule has 2 aromatic rings. The summed E-state index contributed by atoms with van der Waals surface area (Å²) in [5.41, 5.74) is 12.4. The average Bonchev–Trinajstić information content (AvgIpc) is 2.62. The summed E-state index contributed by atoms with van der Waals surface area (Å²) >= 11 is 0. The Kier molecular flexibility index (Phi) is 3.54. The number of rotatable bonds is 2. The van der Waals surface area contributed by atoms with Crippen LogP contribution in [0.25, 0.3) is 11.4 Å². The molecule has 22 heavy (non-hydrogen) atoms. The van der Waals surface area contributed by atoms with Gasteiger partial charge in [0.15, 0.2) is 0 Å². The van der Waals surface area contributed by atoms with Crippen LogP contribution in [-0.2, 0) is 0 Å². The fourth-order valence-corrected chi connectivity index (χ4v) is 2.90. The first kappa shape index (κ1) is 14.5. The van der Waals surface area contributed by atoms with E-state index < -0.39 is 0 Å². The van der Waals surface area contributed by atoms with Gasteiger partial charge in [0, 0.05) is 24.2 Å². The molecule has 2 aromatic carbocycles. The minimum Gasteiger partial charge on any atom is -0.396 e. The van der Waals surface area contributed by atoms with Gasteiger partial charge >= 0.3 is 0 Å². The molecular weight excluding hydrogens is 272 g/mol. The normalized spacial score (nSPS) is 13.8. The predicted molar refractivity (Wildman–Crippen MR) is 93.1 cm³/mol. The van der Waals surface area contributed by atoms with E-state index in [1.54, 1.807) is 5.01 Å². The van der Waals surface area contributed by atoms with Gasteiger partial charge in [-0.05, 0) is 26.0 Å². The van der Waals surface area contributed by atoms with Crippen LogP contribution in [0.3, 0.4) is 0 Å². The van der Waals surface area contributed by atoms with E-state index >= 15 is 0 Å². The van der Waals surface area contributed by atoms with Gasteiger partial charge in [-0.15, -0.1) is 0 Å². The van der Waals surface area contributed by atoms with E-state index in [-0.39, 0.29) is 6.04 Å². The van der Waals surface area contributed by atoms with Crippen molar-refractivity contribution in [1.29, 1.82) is 0 Å². The number of hydrogen-bond donors (Lipinski definition) is 2. The molecule has 4 N–H and O–H groups in total. The predicted octanol–water partition coefficient (Wildman–Crippen LogP) is 3.14. The van der Waals surface area contributed by atoms with Gasteiger partial charge in [0.2, 0.25) is 0 Å². The quantitative estimate of drug-likeness (QED) is 0.660. The summed E-state index contributed by atoms with van der Waals surface area (Å²) in [4.78, 5) is 2.17. The summed E-state index contributed by atoms with van der Waals surface area (Å²) in [7, 11) is 2.06. The van der Waals surface area contributed by atoms with Crippen molar-refractivity contribution >= 4 is 22.8 Å². The van der Waals surface area contributed by atoms with E-state index in [4.69, 9.17) is 11.6 Å². The Balaban J connectivity index is 2.36. The number of hydrazine groups is 1. The van der Waals surface area contributed by atoms with Gasteiger partial charge in [0.05, 0.1) is 22.8 Å². The topological polar surface area (TPSA) is 58.5 Å². The molecule has 3 rings (SSSR count). The van der Waals surface area contributed by atoms with E-state index in [0.29, 0.717) is 5.70 Å². The smallest absolute Gasteiger partial charge is 0.0849 e. The molecule has 4 nitrogen and oxygen atoms in total. The van der Waals surface area contributed by atoms with Crippen LogP contribution in [0, 0.1) is 0 Å². The molecule has 0 saturated heterocycles. The second-order valence-corrected chi connectivity index (χ2v) is 5.86. The van der Waals surface area contributed by atoms with Crippen LogP contribution in [0.15, 0.2) is 48.5 Å². The Morgan fingerprint density at radius 2 is 1.41 bits per heavy atom. The van der Waals surface area contributed by atoms with E-state index in [1.807, 2.05) is 30.3 Å². The molecule has 0 amide bonds. The minimum atomic E-state index is 0.150. The molecule has 0 radical (unpaired) electrons. The number of benzene rings is 2. The van der Waals surface area contributed by atoms with Crippen molar-refractivity contribution in [2.45, 2.75) is 19.9 Å². The summed E-state index contributed by atoms with van der Waals surface area (Å²) < 4.78 is 0. The number of hydrogen-bond acceptors (Lipinski definition) is 4. The third-order valence-electron chi connectivity index (χ3n) is 4.15. The zero-order valence-electron chi connectivity index (χ0n) is 13.2. The van der Waals surface area contributed by atoms with E-state index in [1.165, 1.54) is 0 Å². The number of fused-ring (bicyclic) bond motifs is 2. The summed E-state index contributed by atoms with van der Waals surface area (Å²) in [5.74, 6) is 6.35. The monoisotopic (exact) mass is 294 g/mol. The van der Waals surface area contributed by atoms with E-state index in [9.17, 15) is 0 Å². The number of para-hydroxylation sites is 2. The number of nitrogens with two attached hydrogens (primary N) is 2. The van der Waals surface area contributed by atoms with Crippen LogP contribution in [0.2, 0.25) is 0 Å². The van der Waals surface area contributed by atoms with Crippen molar-refractivity contribution in [3.63, 3.8) is 0 Å². The molecule has 114 valence electrons. The van der Waals surface area contributed by atoms with Gasteiger partial charge in [-0.2, -0.15) is 0 Å². The lowest BCUT2D eigenvalue weighted by atomic mass is 10.0. The van der Waals surface area contributed by atoms with Crippen LogP contribution in [-0.4, -0.2) is 18.1 Å². The Labute approximate surface area is 131 Å². The number of anilines is 2. The van der Waals surface area contributed by atoms with Gasteiger partial charge in [-0.25, -0.2) is 5.84 Å². The molecule has 1 heterocycles. The SMILES string of the molecule is CC(C)N(N)C1=C(N)c2ccccc2N(C)c2ccccc21. The summed E-state index contributed by atoms with van der Waals surface area (Å²) in [6.07, 6.45) is 0. The Morgan fingerprint density at radius 3 is 2.00 bits per heavy atom. The van der Waals surface area contributed by atoms with E-state index in [0.717, 1.165) is 28.2 Å². The lowest BCUT2D eigenvalue weighted by molar-refractivity contribution is 0.344. The highest BCUT2D eigenvalue weighted by molar-refractivity contribution is 5.99. The first-order chi connectivity index (χ1) is 10.5. The molecule has 0 saturated carbocycles. The number of nitrogens with zero attached hydrogens (tertiary/aromatic N) is 2. The first-order valence-electron chi connectivity index (χ1n) is 7.48. The van der Waals surface area contributed by atoms with Crippen LogP contribution in [0.1, 0.15) is 25.0 Å². The van der Waals surface area contributed by atoms with Crippen molar-refractivity contribution in [2.24, 2.45) is 11.6 Å². The maximum atomic E-state index is 6.54. The van der Waals surface area contributed by atoms with Crippen molar-refractivity contribution in [2.75, 3.05) is 11.9 Å². The molecule has 0 aliphatic carbocycles. The summed E-state index contributed by atoms with van der Waals surface area (Å²) in [6, 6.07) is 16.5. The van der Waals surface area contributed by atoms with Crippen LogP contribution >= 0.6 is 0 Å². The molecule has 4 heteroatoms. The highest BCUT2D eigenvalue weighted by Crippen LogP contribution is 2.41. The third kappa shape index (κ3) is 2.12. The maximum absolute atomic E-state index is 6.54. The fourth-order valence-electron chi connectivity index (χ4n) is 2.90. The average molecular weight is 294 g/mol. The Morgan fingerprint density at radius 1 is 0.909 bits per heavy atom. The zero-order valence-corrected chi connectivity index (χ0v) is 13.2. The van der Waals surface area contributed by atoms with Gasteiger partial charge < -0.3 is 15.6 Å². The zero-order chi connectivity index (χ0) is 15.9. The molecule has 0 fully saturated rings. The minimum absolute atomic E-state index is 0.150. The van der Waals surface area contributed by atoms with Gasteiger partial charge in [-0.1, -0.05) is 36.4 Å². The molecule has 0 spiro atoms. The molecule has 0 aromatic heterocycles. The van der Waals surface area contributed by atoms with Gasteiger partial charge in [0.25, 0.3) is 0 Å². The second kappa shape index (κ2) is 5.39. The molecule has 1 aliphatic heterocycles. The second-order valence-electron chi connectivity index (χ2n) is 5.86. The fraction of sp³-hybridized carbons (Fsp3) is 0.222. The molecule has 0 bridgehead atoms. The summed E-state index contributed by atoms with van der Waals surface area (Å²) in [5, 5.41) is 1.75. The third-order valence-corrected chi connectivity index (χ3v) is 4.15. The molecule has 1 aliphatic rings. The Hall–Kier alpha value is -2.46. The van der Waals surface area contributed by atoms with Crippen LogP contribution < -0.4 is 16.5 Å². The van der Waals surface area contributed by atoms with Gasteiger partial charge in [0.1, 0.15) is 0 Å². The first-order valence-corrected chi connectivity index (χ1v) is 7.48. The summed E-state index contributed by atoms with van der Waals surface area (Å²) in [6.45, 7) is 4.12. The molecular formula is C18H22N4. The standard InChI is InChI=1S/C18H22N4/c1-12(2)22(20)18-14-9-5-7-11-16(14)21(3)15-10-6-4-8-13(15)17(18)19/h4-12H,19-20H2,1-3H3.